The zero-order valence-electron chi connectivity index (χ0n) is 9.98. The Bertz CT molecular complexity index is 315. The molecule has 1 unspecified atom stereocenters. The summed E-state index contributed by atoms with van der Waals surface area (Å²) >= 11 is 0. The van der Waals surface area contributed by atoms with Gasteiger partial charge in [-0.25, -0.2) is 8.42 Å². The fourth-order valence-corrected chi connectivity index (χ4v) is 4.47. The summed E-state index contributed by atoms with van der Waals surface area (Å²) in [6.07, 6.45) is 4.19. The van der Waals surface area contributed by atoms with Gasteiger partial charge in [-0.2, -0.15) is 0 Å². The van der Waals surface area contributed by atoms with E-state index < -0.39 is 9.84 Å². The van der Waals surface area contributed by atoms with Crippen molar-refractivity contribution in [2.45, 2.75) is 37.8 Å². The molecule has 4 nitrogen and oxygen atoms in total. The Kier molecular flexibility index (Phi) is 3.87. The molecule has 0 bridgehead atoms. The summed E-state index contributed by atoms with van der Waals surface area (Å²) in [4.78, 5) is 2.53. The lowest BCUT2D eigenvalue weighted by Crippen LogP contribution is -2.46. The van der Waals surface area contributed by atoms with E-state index in [9.17, 15) is 8.42 Å². The van der Waals surface area contributed by atoms with E-state index in [1.807, 2.05) is 7.05 Å². The Morgan fingerprint density at radius 2 is 1.94 bits per heavy atom. The van der Waals surface area contributed by atoms with Crippen molar-refractivity contribution in [1.29, 1.82) is 0 Å². The van der Waals surface area contributed by atoms with Crippen LogP contribution in [0, 0.1) is 0 Å². The van der Waals surface area contributed by atoms with E-state index in [0.29, 0.717) is 23.6 Å². The van der Waals surface area contributed by atoms with Crippen LogP contribution in [0.4, 0.5) is 0 Å². The molecule has 0 aliphatic carbocycles. The van der Waals surface area contributed by atoms with Crippen molar-refractivity contribution >= 4 is 9.84 Å². The largest absolute Gasteiger partial charge is 0.318 e. The third-order valence-corrected chi connectivity index (χ3v) is 5.57. The van der Waals surface area contributed by atoms with Crippen LogP contribution in [0.25, 0.3) is 0 Å². The smallest absolute Gasteiger partial charge is 0.150 e. The summed E-state index contributed by atoms with van der Waals surface area (Å²) < 4.78 is 22.8. The Morgan fingerprint density at radius 3 is 2.56 bits per heavy atom. The van der Waals surface area contributed by atoms with Gasteiger partial charge >= 0.3 is 0 Å². The van der Waals surface area contributed by atoms with Crippen molar-refractivity contribution in [1.82, 2.24) is 10.2 Å². The predicted molar refractivity (Wildman–Crippen MR) is 65.3 cm³/mol. The number of likely N-dealkylation sites (N-methyl/N-ethyl adjacent to an activating group) is 1. The summed E-state index contributed by atoms with van der Waals surface area (Å²) in [7, 11) is -0.729. The van der Waals surface area contributed by atoms with Gasteiger partial charge in [-0.1, -0.05) is 0 Å². The molecule has 0 aromatic carbocycles. The minimum absolute atomic E-state index is 0.389. The van der Waals surface area contributed by atoms with E-state index in [1.165, 1.54) is 12.8 Å². The maximum Gasteiger partial charge on any atom is 0.150 e. The van der Waals surface area contributed by atoms with E-state index in [-0.39, 0.29) is 0 Å². The second-order valence-corrected chi connectivity index (χ2v) is 7.28. The molecule has 0 radical (unpaired) electrons. The number of nitrogens with zero attached hydrogens (tertiary/aromatic N) is 1. The highest BCUT2D eigenvalue weighted by Gasteiger charge is 2.33. The van der Waals surface area contributed by atoms with E-state index >= 15 is 0 Å². The van der Waals surface area contributed by atoms with Gasteiger partial charge in [-0.05, 0) is 39.3 Å². The van der Waals surface area contributed by atoms with Crippen LogP contribution in [0.2, 0.25) is 0 Å². The first kappa shape index (κ1) is 12.3. The third kappa shape index (κ3) is 2.76. The van der Waals surface area contributed by atoms with Gasteiger partial charge in [-0.3, -0.25) is 4.90 Å². The van der Waals surface area contributed by atoms with Gasteiger partial charge in [0.25, 0.3) is 0 Å². The van der Waals surface area contributed by atoms with Crippen molar-refractivity contribution in [3.63, 3.8) is 0 Å². The molecule has 0 amide bonds. The summed E-state index contributed by atoms with van der Waals surface area (Å²) in [5.74, 6) is 0.779. The Labute approximate surface area is 98.3 Å². The molecule has 0 saturated carbocycles. The zero-order chi connectivity index (χ0) is 11.6. The molecule has 2 aliphatic rings. The van der Waals surface area contributed by atoms with Crippen molar-refractivity contribution in [2.24, 2.45) is 0 Å². The van der Waals surface area contributed by atoms with Gasteiger partial charge in [0.2, 0.25) is 0 Å². The average molecular weight is 246 g/mol. The van der Waals surface area contributed by atoms with Crippen LogP contribution in [0.5, 0.6) is 0 Å². The monoisotopic (exact) mass is 246 g/mol. The molecule has 0 spiro atoms. The summed E-state index contributed by atoms with van der Waals surface area (Å²) in [5.41, 5.74) is 0. The number of sulfone groups is 1. The lowest BCUT2D eigenvalue weighted by molar-refractivity contribution is 0.166. The first-order chi connectivity index (χ1) is 7.62. The fourth-order valence-electron chi connectivity index (χ4n) is 3.00. The highest BCUT2D eigenvalue weighted by molar-refractivity contribution is 7.91. The van der Waals surface area contributed by atoms with Crippen molar-refractivity contribution in [3.05, 3.63) is 0 Å². The molecular weight excluding hydrogens is 224 g/mol. The van der Waals surface area contributed by atoms with Crippen LogP contribution in [-0.4, -0.2) is 57.0 Å². The van der Waals surface area contributed by atoms with Crippen molar-refractivity contribution < 1.29 is 8.42 Å². The SMILES string of the molecule is CNCC1CCCN1C1CCS(=O)(=O)CC1. The number of hydrogen-bond acceptors (Lipinski definition) is 4. The van der Waals surface area contributed by atoms with Crippen LogP contribution in [-0.2, 0) is 9.84 Å². The molecule has 2 rings (SSSR count). The second kappa shape index (κ2) is 5.02. The molecule has 2 heterocycles. The van der Waals surface area contributed by atoms with Crippen LogP contribution in [0.3, 0.4) is 0 Å². The minimum Gasteiger partial charge on any atom is -0.318 e. The third-order valence-electron chi connectivity index (χ3n) is 3.86. The minimum atomic E-state index is -2.72. The second-order valence-electron chi connectivity index (χ2n) is 4.97. The molecule has 0 aromatic heterocycles. The zero-order valence-corrected chi connectivity index (χ0v) is 10.8. The molecule has 2 saturated heterocycles. The van der Waals surface area contributed by atoms with Crippen LogP contribution in [0.1, 0.15) is 25.7 Å². The highest BCUT2D eigenvalue weighted by atomic mass is 32.2. The maximum absolute atomic E-state index is 11.4. The maximum atomic E-state index is 11.4. The van der Waals surface area contributed by atoms with E-state index in [4.69, 9.17) is 0 Å². The normalized spacial score (nSPS) is 31.9. The van der Waals surface area contributed by atoms with Gasteiger partial charge in [0.15, 0.2) is 0 Å². The molecule has 5 heteroatoms. The van der Waals surface area contributed by atoms with Crippen LogP contribution >= 0.6 is 0 Å². The molecule has 0 aromatic rings. The van der Waals surface area contributed by atoms with Gasteiger partial charge in [0.1, 0.15) is 9.84 Å². The standard InChI is InChI=1S/C11H22N2O2S/c1-12-9-11-3-2-6-13(11)10-4-7-16(14,15)8-5-10/h10-12H,2-9H2,1H3. The van der Waals surface area contributed by atoms with Gasteiger partial charge < -0.3 is 5.32 Å². The van der Waals surface area contributed by atoms with E-state index in [0.717, 1.165) is 25.9 Å². The topological polar surface area (TPSA) is 49.4 Å². The summed E-state index contributed by atoms with van der Waals surface area (Å²) in [6, 6.07) is 1.13. The first-order valence-corrected chi connectivity index (χ1v) is 8.05. The van der Waals surface area contributed by atoms with Crippen molar-refractivity contribution in [2.75, 3.05) is 31.6 Å². The summed E-state index contributed by atoms with van der Waals surface area (Å²) in [5, 5.41) is 3.24. The van der Waals surface area contributed by atoms with Crippen LogP contribution < -0.4 is 5.32 Å². The summed E-state index contributed by atoms with van der Waals surface area (Å²) in [6.45, 7) is 2.18. The molecule has 94 valence electrons. The first-order valence-electron chi connectivity index (χ1n) is 6.23. The molecule has 1 atom stereocenters. The molecular formula is C11H22N2O2S. The van der Waals surface area contributed by atoms with Gasteiger partial charge in [0.05, 0.1) is 11.5 Å². The molecule has 2 fully saturated rings. The van der Waals surface area contributed by atoms with E-state index in [1.54, 1.807) is 0 Å². The molecule has 16 heavy (non-hydrogen) atoms. The Morgan fingerprint density at radius 1 is 1.25 bits per heavy atom. The number of likely N-dealkylation sites (tertiary alicyclic amines) is 1. The number of hydrogen-bond donors (Lipinski definition) is 1. The lowest BCUT2D eigenvalue weighted by atomic mass is 10.1. The van der Waals surface area contributed by atoms with Crippen LogP contribution in [0.15, 0.2) is 0 Å². The Hall–Kier alpha value is -0.130. The molecule has 2 aliphatic heterocycles. The predicted octanol–water partition coefficient (Wildman–Crippen LogP) is 0.247. The quantitative estimate of drug-likeness (QED) is 0.775. The highest BCUT2D eigenvalue weighted by Crippen LogP contribution is 2.26. The average Bonchev–Trinajstić information content (AvgIpc) is 2.67. The fraction of sp³-hybridized carbons (Fsp3) is 1.00. The van der Waals surface area contributed by atoms with E-state index in [2.05, 4.69) is 10.2 Å². The Balaban J connectivity index is 1.93. The van der Waals surface area contributed by atoms with Gasteiger partial charge in [-0.15, -0.1) is 0 Å². The number of rotatable bonds is 3. The number of nitrogens with one attached hydrogen (secondary N) is 1. The van der Waals surface area contributed by atoms with Gasteiger partial charge in [0, 0.05) is 18.6 Å². The lowest BCUT2D eigenvalue weighted by Gasteiger charge is -2.35. The van der Waals surface area contributed by atoms with Crippen molar-refractivity contribution in [3.8, 4) is 0 Å². The molecule has 1 N–H and O–H groups in total.